The second kappa shape index (κ2) is 7.27. The van der Waals surface area contributed by atoms with Crippen LogP contribution in [0.1, 0.15) is 21.5 Å². The van der Waals surface area contributed by atoms with Gasteiger partial charge in [0, 0.05) is 18.9 Å². The first-order valence-electron chi connectivity index (χ1n) is 9.18. The smallest absolute Gasteiger partial charge is 0.329 e. The van der Waals surface area contributed by atoms with Crippen LogP contribution in [0.15, 0.2) is 70.4 Å². The average Bonchev–Trinajstić information content (AvgIpc) is 3.02. The van der Waals surface area contributed by atoms with Gasteiger partial charge in [0.05, 0.1) is 17.6 Å². The highest BCUT2D eigenvalue weighted by molar-refractivity contribution is 6.11. The van der Waals surface area contributed by atoms with Crippen molar-refractivity contribution in [3.63, 3.8) is 0 Å². The van der Waals surface area contributed by atoms with Gasteiger partial charge in [0.1, 0.15) is 5.52 Å². The lowest BCUT2D eigenvalue weighted by Gasteiger charge is -2.07. The quantitative estimate of drug-likeness (QED) is 0.563. The van der Waals surface area contributed by atoms with E-state index >= 15 is 0 Å². The van der Waals surface area contributed by atoms with Crippen LogP contribution in [0.3, 0.4) is 0 Å². The highest BCUT2D eigenvalue weighted by atomic mass is 16.2. The number of hydrogen-bond acceptors (Lipinski definition) is 3. The zero-order chi connectivity index (χ0) is 20.5. The molecular weight excluding hydrogens is 368 g/mol. The van der Waals surface area contributed by atoms with Gasteiger partial charge in [-0.3, -0.25) is 14.2 Å². The van der Waals surface area contributed by atoms with E-state index in [4.69, 9.17) is 0 Å². The molecule has 7 heteroatoms. The molecule has 0 aliphatic rings. The van der Waals surface area contributed by atoms with E-state index < -0.39 is 17.2 Å². The van der Waals surface area contributed by atoms with Crippen LogP contribution in [0.4, 0.5) is 5.69 Å². The fourth-order valence-electron chi connectivity index (χ4n) is 3.41. The Morgan fingerprint density at radius 3 is 2.55 bits per heavy atom. The molecule has 29 heavy (non-hydrogen) atoms. The molecule has 2 N–H and O–H groups in total. The number of nitrogens with zero attached hydrogens (tertiary/aromatic N) is 2. The van der Waals surface area contributed by atoms with Gasteiger partial charge in [-0.25, -0.2) is 4.79 Å². The normalized spacial score (nSPS) is 11.0. The first-order valence-corrected chi connectivity index (χ1v) is 9.18. The molecule has 0 saturated heterocycles. The third kappa shape index (κ3) is 3.50. The first-order chi connectivity index (χ1) is 13.9. The van der Waals surface area contributed by atoms with Crippen LogP contribution >= 0.6 is 0 Å². The number of rotatable bonds is 4. The lowest BCUT2D eigenvalue weighted by atomic mass is 10.2. The van der Waals surface area contributed by atoms with Crippen molar-refractivity contribution in [3.8, 4) is 0 Å². The maximum atomic E-state index is 13.0. The van der Waals surface area contributed by atoms with Crippen LogP contribution in [0.2, 0.25) is 0 Å². The third-order valence-corrected chi connectivity index (χ3v) is 4.81. The second-order valence-corrected chi connectivity index (χ2v) is 7.01. The van der Waals surface area contributed by atoms with Crippen LogP contribution in [0.25, 0.3) is 11.0 Å². The summed E-state index contributed by atoms with van der Waals surface area (Å²) in [4.78, 5) is 41.1. The summed E-state index contributed by atoms with van der Waals surface area (Å²) in [7, 11) is 1.68. The van der Waals surface area contributed by atoms with Gasteiger partial charge in [0.25, 0.3) is 11.5 Å². The number of hydrogen-bond donors (Lipinski definition) is 2. The Bertz CT molecular complexity index is 1330. The molecule has 0 bridgehead atoms. The lowest BCUT2D eigenvalue weighted by molar-refractivity contribution is 0.102. The van der Waals surface area contributed by atoms with Crippen molar-refractivity contribution in [1.29, 1.82) is 0 Å². The van der Waals surface area contributed by atoms with Crippen LogP contribution in [-0.2, 0) is 13.6 Å². The molecule has 4 rings (SSSR count). The van der Waals surface area contributed by atoms with Crippen LogP contribution < -0.4 is 16.6 Å². The van der Waals surface area contributed by atoms with E-state index in [-0.39, 0.29) is 23.1 Å². The number of amides is 1. The van der Waals surface area contributed by atoms with Crippen LogP contribution in [0, 0.1) is 6.92 Å². The summed E-state index contributed by atoms with van der Waals surface area (Å²) in [5.74, 6) is -0.392. The Morgan fingerprint density at radius 1 is 1.07 bits per heavy atom. The Hall–Kier alpha value is -3.87. The topological polar surface area (TPSA) is 88.9 Å². The molecule has 146 valence electrons. The van der Waals surface area contributed by atoms with Crippen molar-refractivity contribution in [1.82, 2.24) is 14.1 Å². The van der Waals surface area contributed by atoms with Crippen molar-refractivity contribution in [2.45, 2.75) is 13.5 Å². The van der Waals surface area contributed by atoms with Crippen molar-refractivity contribution in [3.05, 3.63) is 98.3 Å². The highest BCUT2D eigenvalue weighted by Crippen LogP contribution is 2.17. The van der Waals surface area contributed by atoms with E-state index in [9.17, 15) is 14.4 Å². The zero-order valence-corrected chi connectivity index (χ0v) is 16.1. The van der Waals surface area contributed by atoms with Gasteiger partial charge in [-0.15, -0.1) is 0 Å². The molecule has 2 aromatic carbocycles. The van der Waals surface area contributed by atoms with Gasteiger partial charge in [-0.2, -0.15) is 0 Å². The number of benzene rings is 2. The van der Waals surface area contributed by atoms with Gasteiger partial charge in [-0.1, -0.05) is 42.5 Å². The zero-order valence-electron chi connectivity index (χ0n) is 16.1. The molecule has 2 aromatic heterocycles. The molecule has 0 aliphatic carbocycles. The third-order valence-electron chi connectivity index (χ3n) is 4.81. The van der Waals surface area contributed by atoms with Crippen LogP contribution in [-0.4, -0.2) is 20.0 Å². The molecule has 4 aromatic rings. The summed E-state index contributed by atoms with van der Waals surface area (Å²) in [6.07, 6.45) is 1.56. The molecule has 0 fully saturated rings. The van der Waals surface area contributed by atoms with Crippen molar-refractivity contribution in [2.75, 3.05) is 5.32 Å². The number of nitrogens with one attached hydrogen (secondary N) is 2. The number of carbonyl (C=O) groups excluding carboxylic acids is 1. The van der Waals surface area contributed by atoms with Crippen molar-refractivity contribution in [2.24, 2.45) is 7.05 Å². The molecule has 0 atom stereocenters. The predicted octanol–water partition coefficient (Wildman–Crippen LogP) is 2.64. The number of aryl methyl sites for hydroxylation is 2. The number of aromatic nitrogens is 3. The van der Waals surface area contributed by atoms with E-state index in [0.29, 0.717) is 5.69 Å². The largest absolute Gasteiger partial charge is 0.344 e. The van der Waals surface area contributed by atoms with E-state index in [1.165, 1.54) is 0 Å². The molecule has 2 heterocycles. The molecule has 0 radical (unpaired) electrons. The highest BCUT2D eigenvalue weighted by Gasteiger charge is 2.19. The summed E-state index contributed by atoms with van der Waals surface area (Å²) in [6, 6.07) is 16.7. The van der Waals surface area contributed by atoms with E-state index in [1.54, 1.807) is 23.9 Å². The van der Waals surface area contributed by atoms with E-state index in [2.05, 4.69) is 10.3 Å². The maximum absolute atomic E-state index is 13.0. The molecule has 0 spiro atoms. The Labute approximate surface area is 166 Å². The Balaban J connectivity index is 1.77. The summed E-state index contributed by atoms with van der Waals surface area (Å²) in [5, 5.41) is 2.81. The van der Waals surface area contributed by atoms with Gasteiger partial charge in [0.2, 0.25) is 0 Å². The second-order valence-electron chi connectivity index (χ2n) is 7.01. The SMILES string of the molecule is Cc1cccc(NC(=O)c2cn(C)c3c(=O)n(Cc4ccccc4)c(=O)[nH]c23)c1. The number of anilines is 1. The van der Waals surface area contributed by atoms with Crippen LogP contribution in [0.5, 0.6) is 0 Å². The minimum absolute atomic E-state index is 0.154. The van der Waals surface area contributed by atoms with Gasteiger partial charge in [0.15, 0.2) is 0 Å². The van der Waals surface area contributed by atoms with E-state index in [1.807, 2.05) is 55.5 Å². The Kier molecular flexibility index (Phi) is 4.64. The Morgan fingerprint density at radius 2 is 1.83 bits per heavy atom. The summed E-state index contributed by atoms with van der Waals surface area (Å²) in [6.45, 7) is 2.08. The fourth-order valence-corrected chi connectivity index (χ4v) is 3.41. The number of fused-ring (bicyclic) bond motifs is 1. The minimum Gasteiger partial charge on any atom is -0.344 e. The maximum Gasteiger partial charge on any atom is 0.329 e. The fraction of sp³-hybridized carbons (Fsp3) is 0.136. The number of aromatic amines is 1. The molecular formula is C22H20N4O3. The van der Waals surface area contributed by atoms with Gasteiger partial charge in [-0.05, 0) is 30.2 Å². The van der Waals surface area contributed by atoms with Crippen molar-refractivity contribution < 1.29 is 4.79 Å². The van der Waals surface area contributed by atoms with E-state index in [0.717, 1.165) is 15.7 Å². The molecule has 0 aliphatic heterocycles. The summed E-state index contributed by atoms with van der Waals surface area (Å²) in [5.41, 5.74) is 2.25. The summed E-state index contributed by atoms with van der Waals surface area (Å²) >= 11 is 0. The summed E-state index contributed by atoms with van der Waals surface area (Å²) < 4.78 is 2.71. The number of carbonyl (C=O) groups is 1. The first kappa shape index (κ1) is 18.5. The average molecular weight is 388 g/mol. The van der Waals surface area contributed by atoms with Crippen molar-refractivity contribution >= 4 is 22.6 Å². The lowest BCUT2D eigenvalue weighted by Crippen LogP contribution is -2.36. The molecule has 7 nitrogen and oxygen atoms in total. The van der Waals surface area contributed by atoms with Gasteiger partial charge >= 0.3 is 5.69 Å². The molecule has 0 unspecified atom stereocenters. The predicted molar refractivity (Wildman–Crippen MR) is 112 cm³/mol. The molecule has 0 saturated carbocycles. The number of H-pyrrole nitrogens is 1. The standard InChI is InChI=1S/C22H20N4O3/c1-14-7-6-10-16(11-14)23-20(27)17-13-25(2)19-18(17)24-22(29)26(21(19)28)12-15-8-4-3-5-9-15/h3-11,13H,12H2,1-2H3,(H,23,27)(H,24,29). The minimum atomic E-state index is -0.554. The monoisotopic (exact) mass is 388 g/mol. The van der Waals surface area contributed by atoms with Gasteiger partial charge < -0.3 is 14.9 Å². The molecule has 1 amide bonds.